The van der Waals surface area contributed by atoms with E-state index in [0.717, 1.165) is 19.4 Å². The van der Waals surface area contributed by atoms with E-state index in [1.165, 1.54) is 6.07 Å². The number of carbonyl (C=O) groups is 1. The van der Waals surface area contributed by atoms with Crippen LogP contribution in [0.2, 0.25) is 0 Å². The summed E-state index contributed by atoms with van der Waals surface area (Å²) in [6, 6.07) is 4.74. The normalized spacial score (nSPS) is 19.6. The van der Waals surface area contributed by atoms with Crippen molar-refractivity contribution in [1.82, 2.24) is 5.32 Å². The first-order valence-corrected chi connectivity index (χ1v) is 7.21. The fraction of sp³-hybridized carbons (Fsp3) is 0.462. The minimum absolute atomic E-state index is 0.0481. The summed E-state index contributed by atoms with van der Waals surface area (Å²) in [5, 5.41) is 3.23. The third-order valence-electron chi connectivity index (χ3n) is 3.07. The average molecular weight is 362 g/mol. The van der Waals surface area contributed by atoms with Gasteiger partial charge in [-0.1, -0.05) is 13.0 Å². The van der Waals surface area contributed by atoms with E-state index in [4.69, 9.17) is 0 Å². The summed E-state index contributed by atoms with van der Waals surface area (Å²) in [4.78, 5) is 13.9. The Hall–Kier alpha value is -0.690. The smallest absolute Gasteiger partial charge is 0.244 e. The second-order valence-corrected chi connectivity index (χ2v) is 5.44. The van der Waals surface area contributed by atoms with Gasteiger partial charge in [0.25, 0.3) is 0 Å². The number of hydrogen-bond donors (Lipinski definition) is 1. The van der Waals surface area contributed by atoms with Gasteiger partial charge >= 0.3 is 0 Å². The molecule has 98 valence electrons. The molecular formula is C13H16FIN2O. The molecule has 1 unspecified atom stereocenters. The zero-order valence-electron chi connectivity index (χ0n) is 10.2. The lowest BCUT2D eigenvalue weighted by molar-refractivity contribution is -0.118. The van der Waals surface area contributed by atoms with Gasteiger partial charge in [0.05, 0.1) is 15.3 Å². The molecule has 2 rings (SSSR count). The van der Waals surface area contributed by atoms with E-state index in [-0.39, 0.29) is 17.8 Å². The highest BCUT2D eigenvalue weighted by atomic mass is 127. The SMILES string of the molecule is CCCNC1CCN(c2cccc(F)c2I)C1=O. The molecule has 1 atom stereocenters. The molecule has 1 heterocycles. The molecule has 1 aliphatic rings. The van der Waals surface area contributed by atoms with Crippen LogP contribution in [0.3, 0.4) is 0 Å². The Morgan fingerprint density at radius 1 is 1.56 bits per heavy atom. The Balaban J connectivity index is 2.16. The first-order chi connectivity index (χ1) is 8.65. The van der Waals surface area contributed by atoms with Crippen molar-refractivity contribution in [2.45, 2.75) is 25.8 Å². The number of carbonyl (C=O) groups excluding carboxylic acids is 1. The van der Waals surface area contributed by atoms with Crippen molar-refractivity contribution in [1.29, 1.82) is 0 Å². The molecule has 0 saturated carbocycles. The van der Waals surface area contributed by atoms with Crippen molar-refractivity contribution in [2.75, 3.05) is 18.0 Å². The van der Waals surface area contributed by atoms with Crippen LogP contribution in [0.25, 0.3) is 0 Å². The predicted molar refractivity (Wildman–Crippen MR) is 78.2 cm³/mol. The van der Waals surface area contributed by atoms with Gasteiger partial charge in [0.15, 0.2) is 0 Å². The lowest BCUT2D eigenvalue weighted by atomic mass is 10.2. The molecule has 18 heavy (non-hydrogen) atoms. The van der Waals surface area contributed by atoms with Crippen molar-refractivity contribution in [3.05, 3.63) is 27.6 Å². The summed E-state index contributed by atoms with van der Waals surface area (Å²) >= 11 is 1.95. The van der Waals surface area contributed by atoms with Gasteiger partial charge in [-0.25, -0.2) is 4.39 Å². The van der Waals surface area contributed by atoms with Crippen molar-refractivity contribution in [2.24, 2.45) is 0 Å². The van der Waals surface area contributed by atoms with E-state index in [1.807, 2.05) is 22.6 Å². The molecule has 0 aromatic heterocycles. The number of halogens is 2. The highest BCUT2D eigenvalue weighted by Crippen LogP contribution is 2.28. The molecular weight excluding hydrogens is 346 g/mol. The molecule has 1 aliphatic heterocycles. The van der Waals surface area contributed by atoms with Gasteiger partial charge in [-0.05, 0) is 54.1 Å². The predicted octanol–water partition coefficient (Wildman–Crippen LogP) is 2.54. The molecule has 1 fully saturated rings. The maximum absolute atomic E-state index is 13.5. The van der Waals surface area contributed by atoms with Crippen LogP contribution in [-0.2, 0) is 4.79 Å². The highest BCUT2D eigenvalue weighted by Gasteiger charge is 2.33. The monoisotopic (exact) mass is 362 g/mol. The number of benzene rings is 1. The quantitative estimate of drug-likeness (QED) is 0.835. The van der Waals surface area contributed by atoms with Crippen LogP contribution >= 0.6 is 22.6 Å². The molecule has 1 saturated heterocycles. The molecule has 3 nitrogen and oxygen atoms in total. The van der Waals surface area contributed by atoms with E-state index >= 15 is 0 Å². The zero-order chi connectivity index (χ0) is 13.1. The van der Waals surface area contributed by atoms with Gasteiger partial charge in [0, 0.05) is 6.54 Å². The van der Waals surface area contributed by atoms with E-state index < -0.39 is 0 Å². The molecule has 1 N–H and O–H groups in total. The second kappa shape index (κ2) is 5.97. The molecule has 0 bridgehead atoms. The van der Waals surface area contributed by atoms with Crippen LogP contribution in [-0.4, -0.2) is 25.0 Å². The standard InChI is InChI=1S/C13H16FIN2O/c1-2-7-16-10-6-8-17(13(10)18)11-5-3-4-9(14)12(11)15/h3-5,10,16H,2,6-8H2,1H3. The number of nitrogens with one attached hydrogen (secondary N) is 1. The van der Waals surface area contributed by atoms with E-state index in [0.29, 0.717) is 15.8 Å². The Labute approximate surface area is 120 Å². The summed E-state index contributed by atoms with van der Waals surface area (Å²) in [6.07, 6.45) is 1.78. The average Bonchev–Trinajstić information content (AvgIpc) is 2.72. The van der Waals surface area contributed by atoms with Crippen LogP contribution in [0, 0.1) is 9.39 Å². The van der Waals surface area contributed by atoms with Crippen LogP contribution in [0.5, 0.6) is 0 Å². The number of rotatable bonds is 4. The molecule has 5 heteroatoms. The fourth-order valence-corrected chi connectivity index (χ4v) is 2.78. The summed E-state index contributed by atoms with van der Waals surface area (Å²) < 4.78 is 14.0. The zero-order valence-corrected chi connectivity index (χ0v) is 12.4. The Morgan fingerprint density at radius 3 is 3.06 bits per heavy atom. The van der Waals surface area contributed by atoms with Gasteiger partial charge in [-0.3, -0.25) is 4.79 Å². The van der Waals surface area contributed by atoms with Crippen LogP contribution < -0.4 is 10.2 Å². The Morgan fingerprint density at radius 2 is 2.33 bits per heavy atom. The maximum atomic E-state index is 13.5. The first kappa shape index (κ1) is 13.7. The summed E-state index contributed by atoms with van der Waals surface area (Å²) in [5.41, 5.74) is 0.682. The molecule has 0 spiro atoms. The van der Waals surface area contributed by atoms with E-state index in [1.54, 1.807) is 17.0 Å². The maximum Gasteiger partial charge on any atom is 0.244 e. The largest absolute Gasteiger partial charge is 0.310 e. The van der Waals surface area contributed by atoms with E-state index in [2.05, 4.69) is 12.2 Å². The van der Waals surface area contributed by atoms with Crippen molar-refractivity contribution >= 4 is 34.2 Å². The molecule has 0 radical (unpaired) electrons. The van der Waals surface area contributed by atoms with Gasteiger partial charge < -0.3 is 10.2 Å². The van der Waals surface area contributed by atoms with Gasteiger partial charge in [0.2, 0.25) is 5.91 Å². The van der Waals surface area contributed by atoms with Gasteiger partial charge in [0.1, 0.15) is 5.82 Å². The molecule has 1 aromatic carbocycles. The summed E-state index contributed by atoms with van der Waals surface area (Å²) in [7, 11) is 0. The number of nitrogens with zero attached hydrogens (tertiary/aromatic N) is 1. The van der Waals surface area contributed by atoms with Crippen LogP contribution in [0.1, 0.15) is 19.8 Å². The third kappa shape index (κ3) is 2.66. The van der Waals surface area contributed by atoms with E-state index in [9.17, 15) is 9.18 Å². The van der Waals surface area contributed by atoms with Crippen LogP contribution in [0.4, 0.5) is 10.1 Å². The third-order valence-corrected chi connectivity index (χ3v) is 4.14. The lowest BCUT2D eigenvalue weighted by Crippen LogP contribution is -2.38. The Kier molecular flexibility index (Phi) is 4.55. The van der Waals surface area contributed by atoms with Gasteiger partial charge in [-0.15, -0.1) is 0 Å². The first-order valence-electron chi connectivity index (χ1n) is 6.14. The molecule has 0 aliphatic carbocycles. The van der Waals surface area contributed by atoms with Crippen molar-refractivity contribution < 1.29 is 9.18 Å². The number of amides is 1. The highest BCUT2D eigenvalue weighted by molar-refractivity contribution is 14.1. The fourth-order valence-electron chi connectivity index (χ4n) is 2.13. The topological polar surface area (TPSA) is 32.3 Å². The number of hydrogen-bond acceptors (Lipinski definition) is 2. The lowest BCUT2D eigenvalue weighted by Gasteiger charge is -2.19. The van der Waals surface area contributed by atoms with Gasteiger partial charge in [-0.2, -0.15) is 0 Å². The van der Waals surface area contributed by atoms with Crippen molar-refractivity contribution in [3.63, 3.8) is 0 Å². The number of anilines is 1. The minimum atomic E-state index is -0.272. The summed E-state index contributed by atoms with van der Waals surface area (Å²) in [6.45, 7) is 3.56. The van der Waals surface area contributed by atoms with Crippen LogP contribution in [0.15, 0.2) is 18.2 Å². The second-order valence-electron chi connectivity index (χ2n) is 4.36. The molecule has 1 amide bonds. The minimum Gasteiger partial charge on any atom is -0.310 e. The van der Waals surface area contributed by atoms with Crippen molar-refractivity contribution in [3.8, 4) is 0 Å². The summed E-state index contributed by atoms with van der Waals surface area (Å²) in [5.74, 6) is -0.224. The Bertz CT molecular complexity index is 453. The molecule has 1 aromatic rings.